The fraction of sp³-hybridized carbons (Fsp3) is 0.263. The summed E-state index contributed by atoms with van der Waals surface area (Å²) < 4.78 is 35.9. The molecule has 0 saturated carbocycles. The number of ether oxygens (including phenoxy) is 6. The van der Waals surface area contributed by atoms with Crippen LogP contribution in [0.4, 0.5) is 0 Å². The van der Waals surface area contributed by atoms with Crippen LogP contribution in [0, 0.1) is 0 Å². The summed E-state index contributed by atoms with van der Waals surface area (Å²) in [7, 11) is 0. The van der Waals surface area contributed by atoms with Crippen molar-refractivity contribution in [3.05, 3.63) is 157 Å². The minimum absolute atomic E-state index is 0.451. The Morgan fingerprint density at radius 3 is 1.32 bits per heavy atom. The summed E-state index contributed by atoms with van der Waals surface area (Å²) in [5, 5.41) is 9.93. The average molecular weight is 878 g/mol. The Hall–Kier alpha value is -6.46. The zero-order chi connectivity index (χ0) is 44.3. The van der Waals surface area contributed by atoms with Crippen LogP contribution < -0.4 is 9.47 Å². The Bertz CT molecular complexity index is 2890. The van der Waals surface area contributed by atoms with Crippen LogP contribution in [0.15, 0.2) is 152 Å². The first-order valence-corrected chi connectivity index (χ1v) is 23.3. The highest BCUT2D eigenvalue weighted by Crippen LogP contribution is 2.36. The lowest BCUT2D eigenvalue weighted by Gasteiger charge is -2.22. The molecule has 0 radical (unpaired) electrons. The standard InChI is InChI=1S/C57H55N3O6/c1-2-9-50-48(7-1)49-8-3-4-10-51(49)53-40-41(11-24-52(50)53)6-5-27-60-28-30-61-32-34-63-36-38-65-46-20-14-42(15-21-46)54-25-18-44-12-13-45-19-26-55(59-57(45)56(44)58-54)43-16-22-47(23-17-43)66-39-37-64-35-33-62-31-29-60/h1-4,7-26,40H,5-6,27-39H2. The van der Waals surface area contributed by atoms with Crippen LogP contribution in [0.25, 0.3) is 76.6 Å². The van der Waals surface area contributed by atoms with Gasteiger partial charge in [0.05, 0.1) is 75.3 Å². The number of aryl methyl sites for hydroxylation is 1. The van der Waals surface area contributed by atoms with Gasteiger partial charge in [0.2, 0.25) is 0 Å². The van der Waals surface area contributed by atoms with Gasteiger partial charge in [-0.15, -0.1) is 0 Å². The van der Waals surface area contributed by atoms with E-state index in [4.69, 9.17) is 38.4 Å². The molecule has 3 aliphatic rings. The molecule has 0 aliphatic carbocycles. The quantitative estimate of drug-likeness (QED) is 0.160. The van der Waals surface area contributed by atoms with Crippen molar-refractivity contribution in [2.75, 3.05) is 85.7 Å². The van der Waals surface area contributed by atoms with Crippen molar-refractivity contribution in [3.8, 4) is 34.0 Å². The molecular weight excluding hydrogens is 823 g/mol. The van der Waals surface area contributed by atoms with Gasteiger partial charge in [-0.05, 0) is 118 Å². The maximum Gasteiger partial charge on any atom is 0.119 e. The maximum absolute atomic E-state index is 6.05. The highest BCUT2D eigenvalue weighted by atomic mass is 16.5. The Morgan fingerprint density at radius 2 is 0.818 bits per heavy atom. The number of fused-ring (bicyclic) bond motifs is 8. The van der Waals surface area contributed by atoms with Crippen LogP contribution in [-0.4, -0.2) is 101 Å². The van der Waals surface area contributed by atoms with Crippen molar-refractivity contribution >= 4 is 54.1 Å². The zero-order valence-corrected chi connectivity index (χ0v) is 37.3. The van der Waals surface area contributed by atoms with Gasteiger partial charge in [0.1, 0.15) is 24.7 Å². The minimum Gasteiger partial charge on any atom is -0.491 e. The fourth-order valence-electron chi connectivity index (χ4n) is 8.95. The van der Waals surface area contributed by atoms with E-state index >= 15 is 0 Å². The van der Waals surface area contributed by atoms with Crippen molar-refractivity contribution in [2.24, 2.45) is 0 Å². The molecule has 0 amide bonds. The van der Waals surface area contributed by atoms with Crippen LogP contribution >= 0.6 is 0 Å². The first-order chi connectivity index (χ1) is 32.7. The lowest BCUT2D eigenvalue weighted by atomic mass is 9.92. The summed E-state index contributed by atoms with van der Waals surface area (Å²) in [6.07, 6.45) is 2.02. The highest BCUT2D eigenvalue weighted by Gasteiger charge is 2.12. The summed E-state index contributed by atoms with van der Waals surface area (Å²) in [4.78, 5) is 12.7. The zero-order valence-electron chi connectivity index (χ0n) is 37.3. The first-order valence-electron chi connectivity index (χ1n) is 23.3. The topological polar surface area (TPSA) is 84.4 Å². The number of pyridine rings is 2. The van der Waals surface area contributed by atoms with Gasteiger partial charge in [0.25, 0.3) is 0 Å². The predicted molar refractivity (Wildman–Crippen MR) is 266 cm³/mol. The fourth-order valence-corrected chi connectivity index (χ4v) is 8.95. The molecule has 3 aliphatic heterocycles. The third-order valence-corrected chi connectivity index (χ3v) is 12.4. The lowest BCUT2D eigenvalue weighted by Crippen LogP contribution is -2.33. The summed E-state index contributed by atoms with van der Waals surface area (Å²) in [5.74, 6) is 1.57. The molecule has 5 heterocycles. The molecule has 334 valence electrons. The molecule has 7 aromatic carbocycles. The van der Waals surface area contributed by atoms with E-state index in [-0.39, 0.29) is 0 Å². The normalized spacial score (nSPS) is 15.6. The van der Waals surface area contributed by atoms with Gasteiger partial charge in [0.15, 0.2) is 0 Å². The van der Waals surface area contributed by atoms with E-state index in [2.05, 4.69) is 108 Å². The molecule has 0 atom stereocenters. The van der Waals surface area contributed by atoms with Gasteiger partial charge in [-0.25, -0.2) is 9.97 Å². The molecule has 0 saturated heterocycles. The summed E-state index contributed by atoms with van der Waals surface area (Å²) in [5.41, 5.74) is 6.86. The van der Waals surface area contributed by atoms with Gasteiger partial charge in [-0.2, -0.15) is 0 Å². The third kappa shape index (κ3) is 10.3. The average Bonchev–Trinajstić information content (AvgIpc) is 3.37. The highest BCUT2D eigenvalue weighted by molar-refractivity contribution is 6.25. The van der Waals surface area contributed by atoms with E-state index in [0.717, 1.165) is 88.3 Å². The number of aromatic nitrogens is 2. The second-order valence-electron chi connectivity index (χ2n) is 16.7. The van der Waals surface area contributed by atoms with Crippen molar-refractivity contribution in [2.45, 2.75) is 12.8 Å². The van der Waals surface area contributed by atoms with E-state index in [1.807, 2.05) is 48.5 Å². The monoisotopic (exact) mass is 877 g/mol. The molecular formula is C57H55N3O6. The molecule has 9 nitrogen and oxygen atoms in total. The van der Waals surface area contributed by atoms with Crippen molar-refractivity contribution in [1.82, 2.24) is 14.9 Å². The molecule has 0 spiro atoms. The Labute approximate surface area is 385 Å². The molecule has 9 heteroatoms. The van der Waals surface area contributed by atoms with Gasteiger partial charge in [-0.3, -0.25) is 4.90 Å². The van der Waals surface area contributed by atoms with Crippen LogP contribution in [0.3, 0.4) is 0 Å². The van der Waals surface area contributed by atoms with E-state index in [9.17, 15) is 0 Å². The van der Waals surface area contributed by atoms with Gasteiger partial charge in [-0.1, -0.05) is 91.0 Å². The maximum atomic E-state index is 6.05. The smallest absolute Gasteiger partial charge is 0.119 e. The SMILES string of the molecule is c1ccc2c(c1)c1ccccc1c1cc(CCCN3CCOCCOCCOc4ccc(cc4)-c4ccc5ccc6ccc(nc6c5n4)-c4ccc(cc4)OCCOCCOCC3)ccc21. The van der Waals surface area contributed by atoms with Crippen molar-refractivity contribution < 1.29 is 28.4 Å². The number of rotatable bonds is 4. The Balaban J connectivity index is 0.769. The van der Waals surface area contributed by atoms with E-state index in [0.29, 0.717) is 66.1 Å². The number of hydrogen-bond donors (Lipinski definition) is 0. The third-order valence-electron chi connectivity index (χ3n) is 12.4. The summed E-state index contributed by atoms with van der Waals surface area (Å²) in [6.45, 7) is 7.72. The molecule has 0 unspecified atom stereocenters. The van der Waals surface area contributed by atoms with Gasteiger partial charge >= 0.3 is 0 Å². The van der Waals surface area contributed by atoms with Crippen LogP contribution in [0.1, 0.15) is 12.0 Å². The van der Waals surface area contributed by atoms with Gasteiger partial charge in [0, 0.05) is 35.0 Å². The molecule has 0 N–H and O–H groups in total. The second kappa shape index (κ2) is 21.2. The molecule has 66 heavy (non-hydrogen) atoms. The van der Waals surface area contributed by atoms with E-state index in [1.165, 1.54) is 37.9 Å². The molecule has 2 aromatic heterocycles. The Kier molecular flexibility index (Phi) is 14.0. The molecule has 9 aromatic rings. The summed E-state index contributed by atoms with van der Waals surface area (Å²) >= 11 is 0. The number of benzene rings is 7. The van der Waals surface area contributed by atoms with E-state index < -0.39 is 0 Å². The molecule has 0 fully saturated rings. The molecule has 12 rings (SSSR count). The largest absolute Gasteiger partial charge is 0.491 e. The van der Waals surface area contributed by atoms with Crippen LogP contribution in [0.2, 0.25) is 0 Å². The van der Waals surface area contributed by atoms with E-state index in [1.54, 1.807) is 0 Å². The van der Waals surface area contributed by atoms with Crippen LogP contribution in [0.5, 0.6) is 11.5 Å². The number of nitrogens with zero attached hydrogens (tertiary/aromatic N) is 3. The van der Waals surface area contributed by atoms with Gasteiger partial charge < -0.3 is 28.4 Å². The molecule has 8 bridgehead atoms. The first kappa shape index (κ1) is 43.4. The van der Waals surface area contributed by atoms with Crippen LogP contribution in [-0.2, 0) is 25.4 Å². The Morgan fingerprint density at radius 1 is 0.394 bits per heavy atom. The van der Waals surface area contributed by atoms with Crippen molar-refractivity contribution in [3.63, 3.8) is 0 Å². The lowest BCUT2D eigenvalue weighted by molar-refractivity contribution is 0.0167. The predicted octanol–water partition coefficient (Wildman–Crippen LogP) is 11.3. The minimum atomic E-state index is 0.451. The van der Waals surface area contributed by atoms with Crippen molar-refractivity contribution in [1.29, 1.82) is 0 Å². The summed E-state index contributed by atoms with van der Waals surface area (Å²) in [6, 6.07) is 53.2. The second-order valence-corrected chi connectivity index (χ2v) is 16.7. The number of hydrogen-bond acceptors (Lipinski definition) is 9.